The molecule has 0 N–H and O–H groups in total. The van der Waals surface area contributed by atoms with E-state index in [1.165, 1.54) is 5.56 Å². The van der Waals surface area contributed by atoms with Crippen LogP contribution in [-0.4, -0.2) is 43.4 Å². The fourth-order valence-electron chi connectivity index (χ4n) is 3.75. The van der Waals surface area contributed by atoms with Crippen LogP contribution < -0.4 is 0 Å². The molecule has 2 saturated heterocycles. The molecule has 4 nitrogen and oxygen atoms in total. The Morgan fingerprint density at radius 1 is 1.12 bits per heavy atom. The van der Waals surface area contributed by atoms with Gasteiger partial charge in [0.1, 0.15) is 0 Å². The Kier molecular flexibility index (Phi) is 5.90. The second-order valence-electron chi connectivity index (χ2n) is 7.31. The summed E-state index contributed by atoms with van der Waals surface area (Å²) in [5, 5.41) is 0. The molecule has 0 aliphatic carbocycles. The lowest BCUT2D eigenvalue weighted by Crippen LogP contribution is -2.45. The predicted molar refractivity (Wildman–Crippen MR) is 93.5 cm³/mol. The SMILES string of the molecule is CC(C)[C@@H](Cc1ccccc1)C(=O)N1CCC(C2OCCO2)CC1. The van der Waals surface area contributed by atoms with Gasteiger partial charge in [0.05, 0.1) is 13.2 Å². The molecule has 1 amide bonds. The zero-order valence-electron chi connectivity index (χ0n) is 14.8. The number of nitrogens with zero attached hydrogens (tertiary/aromatic N) is 1. The van der Waals surface area contributed by atoms with E-state index in [0.717, 1.165) is 32.4 Å². The molecule has 1 aromatic carbocycles. The fraction of sp³-hybridized carbons (Fsp3) is 0.650. The van der Waals surface area contributed by atoms with Crippen LogP contribution in [0.25, 0.3) is 0 Å². The first-order valence-corrected chi connectivity index (χ1v) is 9.21. The number of ether oxygens (including phenoxy) is 2. The Balaban J connectivity index is 1.57. The molecule has 2 fully saturated rings. The highest BCUT2D eigenvalue weighted by Gasteiger charge is 2.34. The summed E-state index contributed by atoms with van der Waals surface area (Å²) >= 11 is 0. The maximum atomic E-state index is 13.0. The lowest BCUT2D eigenvalue weighted by molar-refractivity contribution is -0.142. The molecule has 2 aliphatic heterocycles. The highest BCUT2D eigenvalue weighted by Crippen LogP contribution is 2.28. The monoisotopic (exact) mass is 331 g/mol. The molecule has 0 saturated carbocycles. The number of piperidine rings is 1. The molecule has 24 heavy (non-hydrogen) atoms. The van der Waals surface area contributed by atoms with Gasteiger partial charge in [-0.1, -0.05) is 44.2 Å². The quantitative estimate of drug-likeness (QED) is 0.832. The minimum atomic E-state index is -0.0486. The minimum absolute atomic E-state index is 0.0486. The van der Waals surface area contributed by atoms with E-state index in [0.29, 0.717) is 31.0 Å². The summed E-state index contributed by atoms with van der Waals surface area (Å²) in [6.07, 6.45) is 2.73. The molecule has 2 aliphatic rings. The highest BCUT2D eigenvalue weighted by molar-refractivity contribution is 5.79. The van der Waals surface area contributed by atoms with Gasteiger partial charge in [0.2, 0.25) is 5.91 Å². The summed E-state index contributed by atoms with van der Waals surface area (Å²) in [4.78, 5) is 15.1. The van der Waals surface area contributed by atoms with Gasteiger partial charge < -0.3 is 14.4 Å². The van der Waals surface area contributed by atoms with Crippen LogP contribution in [0.5, 0.6) is 0 Å². The van der Waals surface area contributed by atoms with Crippen molar-refractivity contribution >= 4 is 5.91 Å². The van der Waals surface area contributed by atoms with E-state index in [1.807, 2.05) is 18.2 Å². The van der Waals surface area contributed by atoms with E-state index in [1.54, 1.807) is 0 Å². The van der Waals surface area contributed by atoms with Crippen LogP contribution in [0.2, 0.25) is 0 Å². The van der Waals surface area contributed by atoms with Crippen LogP contribution in [0.1, 0.15) is 32.3 Å². The molecule has 4 heteroatoms. The van der Waals surface area contributed by atoms with Gasteiger partial charge in [-0.25, -0.2) is 0 Å². The van der Waals surface area contributed by atoms with E-state index >= 15 is 0 Å². The Morgan fingerprint density at radius 2 is 1.75 bits per heavy atom. The van der Waals surface area contributed by atoms with Crippen molar-refractivity contribution < 1.29 is 14.3 Å². The van der Waals surface area contributed by atoms with Gasteiger partial charge in [0, 0.05) is 24.9 Å². The third-order valence-corrected chi connectivity index (χ3v) is 5.30. The Labute approximate surface area is 145 Å². The molecular formula is C20H29NO3. The van der Waals surface area contributed by atoms with Crippen molar-refractivity contribution in [1.29, 1.82) is 0 Å². The highest BCUT2D eigenvalue weighted by atomic mass is 16.7. The predicted octanol–water partition coefficient (Wildman–Crippen LogP) is 3.11. The third kappa shape index (κ3) is 4.17. The number of rotatable bonds is 5. The van der Waals surface area contributed by atoms with E-state index in [-0.39, 0.29) is 12.2 Å². The van der Waals surface area contributed by atoms with Crippen LogP contribution in [-0.2, 0) is 20.7 Å². The summed E-state index contributed by atoms with van der Waals surface area (Å²) in [5.74, 6) is 1.14. The molecule has 0 unspecified atom stereocenters. The molecule has 0 radical (unpaired) electrons. The van der Waals surface area contributed by atoms with Crippen molar-refractivity contribution in [3.05, 3.63) is 35.9 Å². The normalized spacial score (nSPS) is 21.4. The first-order valence-electron chi connectivity index (χ1n) is 9.21. The Morgan fingerprint density at radius 3 is 2.33 bits per heavy atom. The lowest BCUT2D eigenvalue weighted by Gasteiger charge is -2.36. The lowest BCUT2D eigenvalue weighted by atomic mass is 9.86. The average Bonchev–Trinajstić information content (AvgIpc) is 3.14. The zero-order valence-corrected chi connectivity index (χ0v) is 14.8. The summed E-state index contributed by atoms with van der Waals surface area (Å²) in [6, 6.07) is 10.3. The smallest absolute Gasteiger partial charge is 0.226 e. The van der Waals surface area contributed by atoms with Crippen molar-refractivity contribution in [2.24, 2.45) is 17.8 Å². The number of hydrogen-bond acceptors (Lipinski definition) is 3. The van der Waals surface area contributed by atoms with Crippen LogP contribution in [0.15, 0.2) is 30.3 Å². The van der Waals surface area contributed by atoms with Gasteiger partial charge in [-0.3, -0.25) is 4.79 Å². The molecule has 1 aromatic rings. The topological polar surface area (TPSA) is 38.8 Å². The molecule has 0 spiro atoms. The standard InChI is InChI=1S/C20H29NO3/c1-15(2)18(14-16-6-4-3-5-7-16)19(22)21-10-8-17(9-11-21)20-23-12-13-24-20/h3-7,15,17-18,20H,8-14H2,1-2H3/t18-/m1/s1. The van der Waals surface area contributed by atoms with Gasteiger partial charge in [-0.15, -0.1) is 0 Å². The molecular weight excluding hydrogens is 302 g/mol. The molecule has 3 rings (SSSR count). The molecule has 0 aromatic heterocycles. The average molecular weight is 331 g/mol. The Hall–Kier alpha value is -1.39. The number of likely N-dealkylation sites (tertiary alicyclic amines) is 1. The fourth-order valence-corrected chi connectivity index (χ4v) is 3.75. The van der Waals surface area contributed by atoms with E-state index in [2.05, 4.69) is 30.9 Å². The van der Waals surface area contributed by atoms with Crippen LogP contribution in [0.3, 0.4) is 0 Å². The van der Waals surface area contributed by atoms with Gasteiger partial charge in [-0.2, -0.15) is 0 Å². The van der Waals surface area contributed by atoms with Gasteiger partial charge in [0.15, 0.2) is 6.29 Å². The molecule has 0 bridgehead atoms. The minimum Gasteiger partial charge on any atom is -0.350 e. The van der Waals surface area contributed by atoms with Crippen LogP contribution in [0.4, 0.5) is 0 Å². The second kappa shape index (κ2) is 8.13. The van der Waals surface area contributed by atoms with Gasteiger partial charge in [0.25, 0.3) is 0 Å². The molecule has 2 heterocycles. The summed E-state index contributed by atoms with van der Waals surface area (Å²) in [7, 11) is 0. The molecule has 132 valence electrons. The summed E-state index contributed by atoms with van der Waals surface area (Å²) in [6.45, 7) is 7.36. The van der Waals surface area contributed by atoms with Crippen LogP contribution >= 0.6 is 0 Å². The molecule has 1 atom stereocenters. The number of benzene rings is 1. The van der Waals surface area contributed by atoms with Crippen LogP contribution in [0, 0.1) is 17.8 Å². The first kappa shape index (κ1) is 17.4. The van der Waals surface area contributed by atoms with Gasteiger partial charge >= 0.3 is 0 Å². The summed E-state index contributed by atoms with van der Waals surface area (Å²) < 4.78 is 11.3. The van der Waals surface area contributed by atoms with E-state index < -0.39 is 0 Å². The maximum absolute atomic E-state index is 13.0. The number of hydrogen-bond donors (Lipinski definition) is 0. The van der Waals surface area contributed by atoms with Crippen molar-refractivity contribution in [2.75, 3.05) is 26.3 Å². The number of amides is 1. The van der Waals surface area contributed by atoms with Gasteiger partial charge in [-0.05, 0) is 30.7 Å². The van der Waals surface area contributed by atoms with Crippen molar-refractivity contribution in [3.8, 4) is 0 Å². The number of carbonyl (C=O) groups is 1. The maximum Gasteiger partial charge on any atom is 0.226 e. The third-order valence-electron chi connectivity index (χ3n) is 5.30. The summed E-state index contributed by atoms with van der Waals surface area (Å²) in [5.41, 5.74) is 1.24. The van der Waals surface area contributed by atoms with Crippen molar-refractivity contribution in [1.82, 2.24) is 4.90 Å². The zero-order chi connectivity index (χ0) is 16.9. The second-order valence-corrected chi connectivity index (χ2v) is 7.31. The Bertz CT molecular complexity index is 517. The number of carbonyl (C=O) groups excluding carboxylic acids is 1. The van der Waals surface area contributed by atoms with E-state index in [4.69, 9.17) is 9.47 Å². The van der Waals surface area contributed by atoms with E-state index in [9.17, 15) is 4.79 Å². The van der Waals surface area contributed by atoms with Crippen molar-refractivity contribution in [3.63, 3.8) is 0 Å². The largest absolute Gasteiger partial charge is 0.350 e. The first-order chi connectivity index (χ1) is 11.6. The van der Waals surface area contributed by atoms with Crippen molar-refractivity contribution in [2.45, 2.75) is 39.4 Å².